The third-order valence-electron chi connectivity index (χ3n) is 1.81. The Morgan fingerprint density at radius 2 is 2.31 bits per heavy atom. The molecule has 0 aliphatic rings. The Morgan fingerprint density at radius 3 is 2.69 bits per heavy atom. The van der Waals surface area contributed by atoms with Crippen LogP contribution in [0.4, 0.5) is 14.5 Å². The first-order chi connectivity index (χ1) is 7.52. The van der Waals surface area contributed by atoms with E-state index < -0.39 is 28.3 Å². The van der Waals surface area contributed by atoms with Crippen LogP contribution in [0.2, 0.25) is 0 Å². The Balaban J connectivity index is 3.61. The molecule has 0 aliphatic carbocycles. The maximum absolute atomic E-state index is 12.6. The molecule has 0 N–H and O–H groups in total. The summed E-state index contributed by atoms with van der Waals surface area (Å²) in [6.07, 6.45) is -2.07. The average Bonchev–Trinajstić information content (AvgIpc) is 2.26. The van der Waals surface area contributed by atoms with Crippen molar-refractivity contribution in [3.8, 4) is 6.07 Å². The Bertz CT molecular complexity index is 473. The molecule has 0 unspecified atom stereocenters. The molecule has 16 heavy (non-hydrogen) atoms. The van der Waals surface area contributed by atoms with Gasteiger partial charge in [0.25, 0.3) is 12.1 Å². The minimum atomic E-state index is -3.11. The zero-order valence-corrected chi connectivity index (χ0v) is 9.24. The van der Waals surface area contributed by atoms with Crippen LogP contribution in [-0.4, -0.2) is 9.91 Å². The van der Waals surface area contributed by atoms with Gasteiger partial charge >= 0.3 is 0 Å². The number of halogens is 3. The Kier molecular flexibility index (Phi) is 3.84. The summed E-state index contributed by atoms with van der Waals surface area (Å²) in [5.74, 6) is 0. The number of hydrogen-bond donors (Lipinski definition) is 0. The van der Waals surface area contributed by atoms with E-state index in [1.54, 1.807) is 0 Å². The first-order valence-electron chi connectivity index (χ1n) is 3.93. The quantitative estimate of drug-likeness (QED) is 0.487. The number of nitrogens with zero attached hydrogens (tertiary/aromatic N) is 3. The molecule has 1 aromatic rings. The van der Waals surface area contributed by atoms with E-state index in [1.165, 1.54) is 6.07 Å². The Labute approximate surface area is 97.0 Å². The number of nitriles is 1. The van der Waals surface area contributed by atoms with Crippen LogP contribution >= 0.6 is 15.9 Å². The topological polar surface area (TPSA) is 79.8 Å². The van der Waals surface area contributed by atoms with Crippen molar-refractivity contribution in [1.82, 2.24) is 4.98 Å². The molecule has 84 valence electrons. The number of nitro groups is 1. The lowest BCUT2D eigenvalue weighted by molar-refractivity contribution is -0.387. The van der Waals surface area contributed by atoms with Crippen molar-refractivity contribution >= 4 is 21.6 Å². The second-order valence-electron chi connectivity index (χ2n) is 2.70. The number of rotatable bonds is 3. The summed E-state index contributed by atoms with van der Waals surface area (Å²) >= 11 is 2.93. The van der Waals surface area contributed by atoms with Crippen LogP contribution in [0.25, 0.3) is 0 Å². The molecule has 0 bridgehead atoms. The van der Waals surface area contributed by atoms with E-state index in [0.29, 0.717) is 0 Å². The van der Waals surface area contributed by atoms with Crippen molar-refractivity contribution in [2.24, 2.45) is 0 Å². The normalized spacial score (nSPS) is 10.2. The summed E-state index contributed by atoms with van der Waals surface area (Å²) in [4.78, 5) is 13.2. The highest BCUT2D eigenvalue weighted by atomic mass is 79.9. The van der Waals surface area contributed by atoms with Crippen LogP contribution < -0.4 is 0 Å². The minimum absolute atomic E-state index is 0.0132. The molecular formula is C8H4BrF2N3O2. The third-order valence-corrected chi connectivity index (χ3v) is 2.42. The van der Waals surface area contributed by atoms with Crippen LogP contribution in [0.5, 0.6) is 0 Å². The molecule has 0 fully saturated rings. The standard InChI is InChI=1S/C8H4BrF2N3O2/c9-1-4-3-13-5(2-12)6(8(10)11)7(4)14(15)16/h3,8H,1H2. The Hall–Kier alpha value is -1.62. The second kappa shape index (κ2) is 4.94. The molecule has 0 aromatic carbocycles. The van der Waals surface area contributed by atoms with E-state index in [9.17, 15) is 18.9 Å². The lowest BCUT2D eigenvalue weighted by atomic mass is 10.1. The van der Waals surface area contributed by atoms with Gasteiger partial charge in [-0.1, -0.05) is 15.9 Å². The van der Waals surface area contributed by atoms with Crippen molar-refractivity contribution < 1.29 is 13.7 Å². The third kappa shape index (κ3) is 2.14. The molecule has 8 heteroatoms. The maximum Gasteiger partial charge on any atom is 0.286 e. The molecular weight excluding hydrogens is 288 g/mol. The first-order valence-corrected chi connectivity index (χ1v) is 5.05. The molecule has 0 saturated carbocycles. The van der Waals surface area contributed by atoms with Gasteiger partial charge in [0.05, 0.1) is 10.5 Å². The predicted octanol–water partition coefficient (Wildman–Crippen LogP) is 2.69. The molecule has 1 aromatic heterocycles. The fourth-order valence-electron chi connectivity index (χ4n) is 1.17. The number of alkyl halides is 3. The summed E-state index contributed by atoms with van der Waals surface area (Å²) in [5.41, 5.74) is -2.28. The van der Waals surface area contributed by atoms with Gasteiger partial charge in [0.1, 0.15) is 11.6 Å². The average molecular weight is 292 g/mol. The minimum Gasteiger partial charge on any atom is -0.258 e. The van der Waals surface area contributed by atoms with Crippen LogP contribution in [0.1, 0.15) is 23.2 Å². The van der Waals surface area contributed by atoms with Crippen molar-refractivity contribution in [2.75, 3.05) is 0 Å². The zero-order chi connectivity index (χ0) is 12.3. The highest BCUT2D eigenvalue weighted by Crippen LogP contribution is 2.34. The van der Waals surface area contributed by atoms with Crippen molar-refractivity contribution in [2.45, 2.75) is 11.8 Å². The Morgan fingerprint density at radius 1 is 1.69 bits per heavy atom. The number of hydrogen-bond acceptors (Lipinski definition) is 4. The van der Waals surface area contributed by atoms with Gasteiger partial charge < -0.3 is 0 Å². The van der Waals surface area contributed by atoms with E-state index in [-0.39, 0.29) is 10.9 Å². The van der Waals surface area contributed by atoms with E-state index in [4.69, 9.17) is 5.26 Å². The summed E-state index contributed by atoms with van der Waals surface area (Å²) < 4.78 is 25.3. The van der Waals surface area contributed by atoms with E-state index >= 15 is 0 Å². The zero-order valence-electron chi connectivity index (χ0n) is 7.65. The summed E-state index contributed by atoms with van der Waals surface area (Å²) in [6.45, 7) is 0. The summed E-state index contributed by atoms with van der Waals surface area (Å²) in [7, 11) is 0. The monoisotopic (exact) mass is 291 g/mol. The number of aromatic nitrogens is 1. The lowest BCUT2D eigenvalue weighted by Gasteiger charge is -2.06. The molecule has 0 atom stereocenters. The molecule has 1 rings (SSSR count). The molecule has 0 amide bonds. The fourth-order valence-corrected chi connectivity index (χ4v) is 1.58. The van der Waals surface area contributed by atoms with Crippen LogP contribution in [0.3, 0.4) is 0 Å². The summed E-state index contributed by atoms with van der Waals surface area (Å²) in [6, 6.07) is 1.41. The van der Waals surface area contributed by atoms with Gasteiger partial charge in [-0.15, -0.1) is 0 Å². The van der Waals surface area contributed by atoms with E-state index in [1.807, 2.05) is 0 Å². The smallest absolute Gasteiger partial charge is 0.258 e. The highest BCUT2D eigenvalue weighted by Gasteiger charge is 2.29. The van der Waals surface area contributed by atoms with Crippen LogP contribution in [0, 0.1) is 21.4 Å². The van der Waals surface area contributed by atoms with Gasteiger partial charge in [-0.2, -0.15) is 5.26 Å². The molecule has 5 nitrogen and oxygen atoms in total. The molecule has 1 heterocycles. The molecule has 0 spiro atoms. The van der Waals surface area contributed by atoms with Crippen LogP contribution in [0.15, 0.2) is 6.20 Å². The van der Waals surface area contributed by atoms with Gasteiger partial charge in [0, 0.05) is 11.5 Å². The molecule has 0 aliphatic heterocycles. The van der Waals surface area contributed by atoms with E-state index in [2.05, 4.69) is 20.9 Å². The molecule has 0 radical (unpaired) electrons. The first kappa shape index (κ1) is 12.4. The van der Waals surface area contributed by atoms with Crippen molar-refractivity contribution in [3.05, 3.63) is 33.1 Å². The van der Waals surface area contributed by atoms with Gasteiger partial charge in [-0.05, 0) is 0 Å². The molecule has 0 saturated heterocycles. The largest absolute Gasteiger partial charge is 0.286 e. The maximum atomic E-state index is 12.6. The summed E-state index contributed by atoms with van der Waals surface area (Å²) in [5, 5.41) is 19.3. The van der Waals surface area contributed by atoms with Crippen molar-refractivity contribution in [3.63, 3.8) is 0 Å². The van der Waals surface area contributed by atoms with Crippen LogP contribution in [-0.2, 0) is 5.33 Å². The highest BCUT2D eigenvalue weighted by molar-refractivity contribution is 9.08. The SMILES string of the molecule is N#Cc1ncc(CBr)c([N+](=O)[O-])c1C(F)F. The van der Waals surface area contributed by atoms with Gasteiger partial charge in [-0.3, -0.25) is 10.1 Å². The predicted molar refractivity (Wildman–Crippen MR) is 53.2 cm³/mol. The van der Waals surface area contributed by atoms with E-state index in [0.717, 1.165) is 6.20 Å². The fraction of sp³-hybridized carbons (Fsp3) is 0.250. The van der Waals surface area contributed by atoms with Gasteiger partial charge in [0.2, 0.25) is 0 Å². The van der Waals surface area contributed by atoms with Gasteiger partial charge in [-0.25, -0.2) is 13.8 Å². The lowest BCUT2D eigenvalue weighted by Crippen LogP contribution is -2.05. The van der Waals surface area contributed by atoms with Crippen molar-refractivity contribution in [1.29, 1.82) is 5.26 Å². The second-order valence-corrected chi connectivity index (χ2v) is 3.26. The van der Waals surface area contributed by atoms with Gasteiger partial charge in [0.15, 0.2) is 5.69 Å². The number of pyridine rings is 1.